The van der Waals surface area contributed by atoms with E-state index in [0.717, 1.165) is 12.0 Å². The van der Waals surface area contributed by atoms with Crippen LogP contribution in [-0.4, -0.2) is 4.68 Å². The van der Waals surface area contributed by atoms with E-state index in [1.165, 1.54) is 0 Å². The van der Waals surface area contributed by atoms with Crippen LogP contribution < -0.4 is 5.43 Å². The molecule has 2 rings (SSSR count). The summed E-state index contributed by atoms with van der Waals surface area (Å²) in [5, 5.41) is 1.18. The molecule has 1 aromatic carbocycles. The second-order valence-corrected chi connectivity index (χ2v) is 4.67. The summed E-state index contributed by atoms with van der Waals surface area (Å²) in [5.41, 5.74) is 4.52. The summed E-state index contributed by atoms with van der Waals surface area (Å²) < 4.78 is 1.94. The van der Waals surface area contributed by atoms with Crippen molar-refractivity contribution < 1.29 is 0 Å². The van der Waals surface area contributed by atoms with Crippen LogP contribution in [-0.2, 0) is 0 Å². The Kier molecular flexibility index (Phi) is 3.97. The first kappa shape index (κ1) is 12.3. The van der Waals surface area contributed by atoms with Crippen molar-refractivity contribution in [1.29, 1.82) is 0 Å². The number of nitrogens with one attached hydrogen (secondary N) is 1. The molecule has 0 radical (unpaired) electrons. The summed E-state index contributed by atoms with van der Waals surface area (Å²) in [5.74, 6) is 0. The van der Waals surface area contributed by atoms with Crippen LogP contribution in [0.25, 0.3) is 0 Å². The molecule has 0 aliphatic heterocycles. The number of benzene rings is 1. The maximum Gasteiger partial charge on any atom is 0.0671 e. The van der Waals surface area contributed by atoms with Crippen LogP contribution in [0, 0.1) is 0 Å². The molecule has 17 heavy (non-hydrogen) atoms. The van der Waals surface area contributed by atoms with Crippen molar-refractivity contribution in [3.8, 4) is 0 Å². The molecule has 2 nitrogen and oxygen atoms in total. The monoisotopic (exact) mass is 268 g/mol. The van der Waals surface area contributed by atoms with Crippen LogP contribution in [0.2, 0.25) is 10.0 Å². The minimum atomic E-state index is 0.220. The van der Waals surface area contributed by atoms with Crippen molar-refractivity contribution in [2.45, 2.75) is 19.4 Å². The van der Waals surface area contributed by atoms with E-state index in [2.05, 4.69) is 12.3 Å². The number of nitrogens with zero attached hydrogens (tertiary/aromatic N) is 1. The molecule has 1 aromatic heterocycles. The first-order chi connectivity index (χ1) is 8.20. The van der Waals surface area contributed by atoms with E-state index in [1.807, 2.05) is 47.4 Å². The molecule has 0 amide bonds. The lowest BCUT2D eigenvalue weighted by Gasteiger charge is -2.19. The lowest BCUT2D eigenvalue weighted by Crippen LogP contribution is -2.18. The number of aromatic nitrogens is 1. The molecule has 0 bridgehead atoms. The average molecular weight is 269 g/mol. The number of rotatable bonds is 4. The molecule has 4 heteroatoms. The smallest absolute Gasteiger partial charge is 0.0671 e. The van der Waals surface area contributed by atoms with Crippen LogP contribution in [0.5, 0.6) is 0 Å². The van der Waals surface area contributed by atoms with Gasteiger partial charge in [0.1, 0.15) is 0 Å². The molecule has 0 fully saturated rings. The summed E-state index contributed by atoms with van der Waals surface area (Å²) in [6.07, 6.45) is 4.91. The van der Waals surface area contributed by atoms with E-state index in [-0.39, 0.29) is 6.04 Å². The number of hydrogen-bond donors (Lipinski definition) is 1. The second-order valence-electron chi connectivity index (χ2n) is 3.85. The minimum absolute atomic E-state index is 0.220. The molecule has 1 unspecified atom stereocenters. The first-order valence-electron chi connectivity index (χ1n) is 5.55. The van der Waals surface area contributed by atoms with Crippen LogP contribution >= 0.6 is 23.2 Å². The Morgan fingerprint density at radius 2 is 1.88 bits per heavy atom. The van der Waals surface area contributed by atoms with Crippen LogP contribution in [0.15, 0.2) is 42.7 Å². The highest BCUT2D eigenvalue weighted by Gasteiger charge is 2.10. The van der Waals surface area contributed by atoms with E-state index in [1.54, 1.807) is 0 Å². The van der Waals surface area contributed by atoms with Gasteiger partial charge in [-0.25, -0.2) is 0 Å². The third-order valence-electron chi connectivity index (χ3n) is 2.66. The van der Waals surface area contributed by atoms with Crippen molar-refractivity contribution >= 4 is 23.2 Å². The molecule has 0 saturated carbocycles. The fourth-order valence-corrected chi connectivity index (χ4v) is 2.04. The van der Waals surface area contributed by atoms with Gasteiger partial charge in [-0.3, -0.25) is 4.68 Å². The van der Waals surface area contributed by atoms with Crippen molar-refractivity contribution in [3.05, 3.63) is 58.3 Å². The largest absolute Gasteiger partial charge is 0.319 e. The molecular formula is C13H14Cl2N2. The van der Waals surface area contributed by atoms with Crippen LogP contribution in [0.3, 0.4) is 0 Å². The third-order valence-corrected chi connectivity index (χ3v) is 3.40. The fraction of sp³-hybridized carbons (Fsp3) is 0.231. The Hall–Kier alpha value is -1.12. The van der Waals surface area contributed by atoms with Crippen molar-refractivity contribution in [2.24, 2.45) is 0 Å². The molecule has 0 saturated heterocycles. The average Bonchev–Trinajstić information content (AvgIpc) is 2.82. The lowest BCUT2D eigenvalue weighted by atomic mass is 10.1. The first-order valence-corrected chi connectivity index (χ1v) is 6.30. The molecule has 1 heterocycles. The Bertz CT molecular complexity index is 480. The maximum absolute atomic E-state index is 6.03. The molecule has 1 atom stereocenters. The molecule has 90 valence electrons. The quantitative estimate of drug-likeness (QED) is 0.865. The van der Waals surface area contributed by atoms with Crippen LogP contribution in [0.4, 0.5) is 0 Å². The standard InChI is InChI=1S/C13H14Cl2N2/c1-2-13(16-17-7-3-4-8-17)10-5-6-11(14)12(15)9-10/h3-9,13,16H,2H2,1H3. The van der Waals surface area contributed by atoms with Gasteiger partial charge in [0.2, 0.25) is 0 Å². The minimum Gasteiger partial charge on any atom is -0.319 e. The van der Waals surface area contributed by atoms with Gasteiger partial charge in [-0.05, 0) is 36.2 Å². The van der Waals surface area contributed by atoms with Crippen molar-refractivity contribution in [2.75, 3.05) is 5.43 Å². The van der Waals surface area contributed by atoms with Gasteiger partial charge in [-0.2, -0.15) is 0 Å². The van der Waals surface area contributed by atoms with E-state index in [4.69, 9.17) is 23.2 Å². The summed E-state index contributed by atoms with van der Waals surface area (Å²) in [6, 6.07) is 9.92. The Balaban J connectivity index is 2.20. The molecule has 0 aliphatic rings. The van der Waals surface area contributed by atoms with Gasteiger partial charge in [0, 0.05) is 12.4 Å². The third kappa shape index (κ3) is 2.96. The fourth-order valence-electron chi connectivity index (χ4n) is 1.73. The lowest BCUT2D eigenvalue weighted by molar-refractivity contribution is 0.653. The van der Waals surface area contributed by atoms with Crippen LogP contribution in [0.1, 0.15) is 24.9 Å². The zero-order chi connectivity index (χ0) is 12.3. The highest BCUT2D eigenvalue weighted by molar-refractivity contribution is 6.42. The number of hydrogen-bond acceptors (Lipinski definition) is 1. The van der Waals surface area contributed by atoms with Gasteiger partial charge in [-0.1, -0.05) is 36.2 Å². The maximum atomic E-state index is 6.03. The van der Waals surface area contributed by atoms with Crippen molar-refractivity contribution in [3.63, 3.8) is 0 Å². The molecular weight excluding hydrogens is 255 g/mol. The zero-order valence-corrected chi connectivity index (χ0v) is 11.0. The van der Waals surface area contributed by atoms with E-state index in [0.29, 0.717) is 10.0 Å². The van der Waals surface area contributed by atoms with Gasteiger partial charge in [0.15, 0.2) is 0 Å². The zero-order valence-electron chi connectivity index (χ0n) is 9.53. The predicted molar refractivity (Wildman–Crippen MR) is 73.3 cm³/mol. The normalized spacial score (nSPS) is 12.4. The summed E-state index contributed by atoms with van der Waals surface area (Å²) in [4.78, 5) is 0. The molecule has 1 N–H and O–H groups in total. The number of halogens is 2. The van der Waals surface area contributed by atoms with Gasteiger partial charge in [-0.15, -0.1) is 0 Å². The Morgan fingerprint density at radius 3 is 2.47 bits per heavy atom. The van der Waals surface area contributed by atoms with E-state index < -0.39 is 0 Å². The molecule has 0 aliphatic carbocycles. The van der Waals surface area contributed by atoms with Gasteiger partial charge < -0.3 is 5.43 Å². The van der Waals surface area contributed by atoms with Gasteiger partial charge in [0.25, 0.3) is 0 Å². The summed E-state index contributed by atoms with van der Waals surface area (Å²) in [7, 11) is 0. The van der Waals surface area contributed by atoms with Gasteiger partial charge in [0.05, 0.1) is 16.1 Å². The van der Waals surface area contributed by atoms with E-state index >= 15 is 0 Å². The molecule has 0 spiro atoms. The molecule has 2 aromatic rings. The predicted octanol–water partition coefficient (Wildman–Crippen LogP) is 4.49. The summed E-state index contributed by atoms with van der Waals surface area (Å²) >= 11 is 11.9. The topological polar surface area (TPSA) is 17.0 Å². The highest BCUT2D eigenvalue weighted by atomic mass is 35.5. The second kappa shape index (κ2) is 5.48. The van der Waals surface area contributed by atoms with E-state index in [9.17, 15) is 0 Å². The summed E-state index contributed by atoms with van der Waals surface area (Å²) in [6.45, 7) is 2.13. The Labute approximate surface area is 111 Å². The van der Waals surface area contributed by atoms with Gasteiger partial charge >= 0.3 is 0 Å². The SMILES string of the molecule is CCC(Nn1cccc1)c1ccc(Cl)c(Cl)c1. The van der Waals surface area contributed by atoms with Crippen molar-refractivity contribution in [1.82, 2.24) is 4.68 Å². The Morgan fingerprint density at radius 1 is 1.18 bits per heavy atom. The highest BCUT2D eigenvalue weighted by Crippen LogP contribution is 2.27.